The van der Waals surface area contributed by atoms with Crippen LogP contribution >= 0.6 is 0 Å². The van der Waals surface area contributed by atoms with Crippen molar-refractivity contribution < 1.29 is 4.79 Å². The number of hydrogen-bond donors (Lipinski definition) is 0. The third-order valence-corrected chi connectivity index (χ3v) is 3.77. The van der Waals surface area contributed by atoms with Crippen LogP contribution in [0.5, 0.6) is 0 Å². The van der Waals surface area contributed by atoms with Crippen molar-refractivity contribution in [3.05, 3.63) is 35.2 Å². The van der Waals surface area contributed by atoms with E-state index < -0.39 is 0 Å². The fourth-order valence-electron chi connectivity index (χ4n) is 2.30. The molecule has 0 spiro atoms. The molecule has 0 unspecified atom stereocenters. The van der Waals surface area contributed by atoms with Gasteiger partial charge in [-0.05, 0) is 45.4 Å². The number of benzene rings is 1. The lowest BCUT2D eigenvalue weighted by atomic mass is 10.1. The van der Waals surface area contributed by atoms with Gasteiger partial charge in [0.1, 0.15) is 0 Å². The predicted molar refractivity (Wildman–Crippen MR) is 85.5 cm³/mol. The lowest BCUT2D eigenvalue weighted by Crippen LogP contribution is -2.31. The molecule has 1 aromatic carbocycles. The lowest BCUT2D eigenvalue weighted by molar-refractivity contribution is 0.0762. The van der Waals surface area contributed by atoms with Crippen molar-refractivity contribution in [3.63, 3.8) is 0 Å². The second kappa shape index (κ2) is 6.66. The Morgan fingerprint density at radius 1 is 1.10 bits per heavy atom. The number of nitrogens with zero attached hydrogens (tertiary/aromatic N) is 3. The number of carbonyl (C=O) groups is 1. The molecule has 4 nitrogen and oxygen atoms in total. The largest absolute Gasteiger partial charge is 0.339 e. The van der Waals surface area contributed by atoms with Gasteiger partial charge in [-0.2, -0.15) is 0 Å². The van der Waals surface area contributed by atoms with E-state index >= 15 is 0 Å². The molecule has 0 bridgehead atoms. The topological polar surface area (TPSA) is 46.1 Å². The molecule has 0 radical (unpaired) electrons. The van der Waals surface area contributed by atoms with E-state index in [2.05, 4.69) is 16.9 Å². The monoisotopic (exact) mass is 285 g/mol. The van der Waals surface area contributed by atoms with Crippen molar-refractivity contribution in [2.24, 2.45) is 0 Å². The van der Waals surface area contributed by atoms with Crippen LogP contribution in [-0.2, 0) is 0 Å². The summed E-state index contributed by atoms with van der Waals surface area (Å²) in [5.41, 5.74) is 4.16. The molecule has 0 aliphatic heterocycles. The third-order valence-electron chi connectivity index (χ3n) is 3.77. The fraction of sp³-hybridized carbons (Fsp3) is 0.471. The molecule has 0 saturated heterocycles. The number of carbonyl (C=O) groups excluding carboxylic acids is 1. The maximum Gasteiger partial charge on any atom is 0.253 e. The average molecular weight is 285 g/mol. The van der Waals surface area contributed by atoms with Gasteiger partial charge in [-0.25, -0.2) is 9.97 Å². The smallest absolute Gasteiger partial charge is 0.253 e. The maximum atomic E-state index is 12.6. The summed E-state index contributed by atoms with van der Waals surface area (Å²) in [6.45, 7) is 9.58. The van der Waals surface area contributed by atoms with Crippen LogP contribution in [0.2, 0.25) is 0 Å². The van der Waals surface area contributed by atoms with E-state index in [1.165, 1.54) is 0 Å². The minimum absolute atomic E-state index is 0.0767. The van der Waals surface area contributed by atoms with Crippen molar-refractivity contribution in [2.75, 3.05) is 13.1 Å². The Labute approximate surface area is 126 Å². The number of amides is 1. The van der Waals surface area contributed by atoms with Gasteiger partial charge in [0.2, 0.25) is 0 Å². The first-order chi connectivity index (χ1) is 10.1. The Bertz CT molecular complexity index is 652. The van der Waals surface area contributed by atoms with Crippen LogP contribution in [0, 0.1) is 13.8 Å². The van der Waals surface area contributed by atoms with Gasteiger partial charge in [-0.15, -0.1) is 0 Å². The number of hydrogen-bond acceptors (Lipinski definition) is 3. The van der Waals surface area contributed by atoms with Crippen LogP contribution in [0.3, 0.4) is 0 Å². The molecule has 0 atom stereocenters. The standard InChI is InChI=1S/C17H23N3O/c1-5-7-10-20(6-2)17(21)14-8-9-15-16(11-14)19-13(4)12(3)18-15/h8-9,11H,5-7,10H2,1-4H3. The summed E-state index contributed by atoms with van der Waals surface area (Å²) in [5, 5.41) is 0. The Hall–Kier alpha value is -1.97. The molecule has 0 fully saturated rings. The van der Waals surface area contributed by atoms with Gasteiger partial charge in [0.05, 0.1) is 22.4 Å². The minimum atomic E-state index is 0.0767. The van der Waals surface area contributed by atoms with Gasteiger partial charge in [-0.1, -0.05) is 13.3 Å². The molecule has 0 N–H and O–H groups in total. The van der Waals surface area contributed by atoms with Crippen molar-refractivity contribution in [1.82, 2.24) is 14.9 Å². The molecule has 0 aliphatic carbocycles. The van der Waals surface area contributed by atoms with Crippen LogP contribution in [0.1, 0.15) is 48.4 Å². The average Bonchev–Trinajstić information content (AvgIpc) is 2.48. The van der Waals surface area contributed by atoms with Crippen molar-refractivity contribution in [1.29, 1.82) is 0 Å². The zero-order valence-corrected chi connectivity index (χ0v) is 13.3. The first-order valence-electron chi connectivity index (χ1n) is 7.61. The summed E-state index contributed by atoms with van der Waals surface area (Å²) in [6, 6.07) is 5.59. The zero-order chi connectivity index (χ0) is 15.4. The van der Waals surface area contributed by atoms with Crippen LogP contribution < -0.4 is 0 Å². The van der Waals surface area contributed by atoms with Gasteiger partial charge < -0.3 is 4.90 Å². The van der Waals surface area contributed by atoms with Gasteiger partial charge in [-0.3, -0.25) is 4.79 Å². The normalized spacial score (nSPS) is 10.9. The molecular weight excluding hydrogens is 262 g/mol. The molecule has 0 aliphatic rings. The van der Waals surface area contributed by atoms with Crippen molar-refractivity contribution in [2.45, 2.75) is 40.5 Å². The molecule has 2 rings (SSSR count). The summed E-state index contributed by atoms with van der Waals surface area (Å²) >= 11 is 0. The van der Waals surface area contributed by atoms with Crippen LogP contribution in [-0.4, -0.2) is 33.9 Å². The minimum Gasteiger partial charge on any atom is -0.339 e. The van der Waals surface area contributed by atoms with E-state index in [4.69, 9.17) is 0 Å². The highest BCUT2D eigenvalue weighted by Gasteiger charge is 2.14. The first kappa shape index (κ1) is 15.4. The number of aryl methyl sites for hydroxylation is 2. The van der Waals surface area contributed by atoms with Gasteiger partial charge in [0, 0.05) is 18.7 Å². The number of aromatic nitrogens is 2. The SMILES string of the molecule is CCCCN(CC)C(=O)c1ccc2nc(C)c(C)nc2c1. The summed E-state index contributed by atoms with van der Waals surface area (Å²) in [5.74, 6) is 0.0767. The van der Waals surface area contributed by atoms with Gasteiger partial charge in [0.15, 0.2) is 0 Å². The fourth-order valence-corrected chi connectivity index (χ4v) is 2.30. The second-order valence-corrected chi connectivity index (χ2v) is 5.34. The van der Waals surface area contributed by atoms with Crippen LogP contribution in [0.4, 0.5) is 0 Å². The summed E-state index contributed by atoms with van der Waals surface area (Å²) < 4.78 is 0. The quantitative estimate of drug-likeness (QED) is 0.844. The Morgan fingerprint density at radius 2 is 1.76 bits per heavy atom. The lowest BCUT2D eigenvalue weighted by Gasteiger charge is -2.20. The van der Waals surface area contributed by atoms with Gasteiger partial charge in [0.25, 0.3) is 5.91 Å². The molecule has 1 amide bonds. The summed E-state index contributed by atoms with van der Waals surface area (Å²) in [4.78, 5) is 23.5. The summed E-state index contributed by atoms with van der Waals surface area (Å²) in [7, 11) is 0. The Morgan fingerprint density at radius 3 is 2.38 bits per heavy atom. The van der Waals surface area contributed by atoms with Crippen LogP contribution in [0.15, 0.2) is 18.2 Å². The molecule has 0 saturated carbocycles. The predicted octanol–water partition coefficient (Wildman–Crippen LogP) is 3.51. The Balaban J connectivity index is 2.33. The van der Waals surface area contributed by atoms with E-state index in [0.717, 1.165) is 48.4 Å². The summed E-state index contributed by atoms with van der Waals surface area (Å²) in [6.07, 6.45) is 2.12. The second-order valence-electron chi connectivity index (χ2n) is 5.34. The molecule has 4 heteroatoms. The molecule has 1 aromatic heterocycles. The molecule has 2 aromatic rings. The van der Waals surface area contributed by atoms with Crippen molar-refractivity contribution >= 4 is 16.9 Å². The maximum absolute atomic E-state index is 12.6. The van der Waals surface area contributed by atoms with E-state index in [-0.39, 0.29) is 5.91 Å². The van der Waals surface area contributed by atoms with E-state index in [1.54, 1.807) is 0 Å². The van der Waals surface area contributed by atoms with E-state index in [1.807, 2.05) is 43.9 Å². The van der Waals surface area contributed by atoms with Crippen LogP contribution in [0.25, 0.3) is 11.0 Å². The molecular formula is C17H23N3O. The molecule has 112 valence electrons. The van der Waals surface area contributed by atoms with Gasteiger partial charge >= 0.3 is 0 Å². The highest BCUT2D eigenvalue weighted by molar-refractivity contribution is 5.97. The van der Waals surface area contributed by atoms with E-state index in [9.17, 15) is 4.79 Å². The highest BCUT2D eigenvalue weighted by Crippen LogP contribution is 2.16. The number of fused-ring (bicyclic) bond motifs is 1. The van der Waals surface area contributed by atoms with E-state index in [0.29, 0.717) is 5.56 Å². The zero-order valence-electron chi connectivity index (χ0n) is 13.3. The highest BCUT2D eigenvalue weighted by atomic mass is 16.2. The number of rotatable bonds is 5. The Kier molecular flexibility index (Phi) is 4.89. The van der Waals surface area contributed by atoms with Crippen molar-refractivity contribution in [3.8, 4) is 0 Å². The first-order valence-corrected chi connectivity index (χ1v) is 7.61. The molecule has 21 heavy (non-hydrogen) atoms. The third kappa shape index (κ3) is 3.38. The molecule has 1 heterocycles. The number of unbranched alkanes of at least 4 members (excludes halogenated alkanes) is 1.